The van der Waals surface area contributed by atoms with Crippen LogP contribution in [0.4, 0.5) is 4.79 Å². The van der Waals surface area contributed by atoms with Crippen molar-refractivity contribution in [3.8, 4) is 11.6 Å². The fraction of sp³-hybridized carbons (Fsp3) is 0.0789. The Morgan fingerprint density at radius 1 is 0.698 bits per heavy atom. The van der Waals surface area contributed by atoms with Crippen molar-refractivity contribution in [2.24, 2.45) is 0 Å². The second kappa shape index (κ2) is 13.0. The van der Waals surface area contributed by atoms with Gasteiger partial charge in [-0.3, -0.25) is 0 Å². The first-order valence-electron chi connectivity index (χ1n) is 14.3. The Labute approximate surface area is 250 Å². The van der Waals surface area contributed by atoms with Crippen LogP contribution in [0, 0.1) is 0 Å². The highest BCUT2D eigenvalue weighted by Crippen LogP contribution is 2.33. The summed E-state index contributed by atoms with van der Waals surface area (Å²) in [5, 5.41) is 12.5. The zero-order valence-electron chi connectivity index (χ0n) is 23.6. The summed E-state index contributed by atoms with van der Waals surface area (Å²) >= 11 is 0. The Balaban J connectivity index is 1.20. The number of aromatic nitrogens is 1. The standard InChI is InChI=1S/C38H31NO4/c40-38(41)43-37-34(19-9-25-42-35-20-8-15-30-14-4-5-17-32(30)35)33-18-7-16-31(36(33)39-37)24-23-29-13-6-12-28(26-29)22-21-27-10-2-1-3-11-27/h1-8,10-18,20-24,26,39H,9,19,25H2,(H,40,41)/b22-21+,24-23+. The number of aryl methyl sites for hydroxylation is 1. The summed E-state index contributed by atoms with van der Waals surface area (Å²) in [6.45, 7) is 0.488. The molecule has 0 bridgehead atoms. The summed E-state index contributed by atoms with van der Waals surface area (Å²) < 4.78 is 11.3. The maximum atomic E-state index is 11.5. The zero-order valence-corrected chi connectivity index (χ0v) is 23.6. The van der Waals surface area contributed by atoms with Gasteiger partial charge in [0.25, 0.3) is 0 Å². The lowest BCUT2D eigenvalue weighted by Crippen LogP contribution is -2.06. The van der Waals surface area contributed by atoms with Crippen LogP contribution in [-0.2, 0) is 6.42 Å². The number of hydrogen-bond donors (Lipinski definition) is 2. The van der Waals surface area contributed by atoms with Crippen molar-refractivity contribution in [2.75, 3.05) is 6.61 Å². The van der Waals surface area contributed by atoms with E-state index in [4.69, 9.17) is 9.47 Å². The molecule has 0 unspecified atom stereocenters. The number of carboxylic acid groups (broad SMARTS) is 1. The molecule has 6 rings (SSSR count). The normalized spacial score (nSPS) is 11.5. The van der Waals surface area contributed by atoms with Gasteiger partial charge in [0.2, 0.25) is 5.88 Å². The van der Waals surface area contributed by atoms with Gasteiger partial charge in [0.05, 0.1) is 12.1 Å². The Morgan fingerprint density at radius 3 is 2.19 bits per heavy atom. The molecular weight excluding hydrogens is 534 g/mol. The Hall–Kier alpha value is -5.55. The van der Waals surface area contributed by atoms with E-state index in [1.165, 1.54) is 0 Å². The van der Waals surface area contributed by atoms with E-state index in [1.54, 1.807) is 0 Å². The molecule has 5 heteroatoms. The van der Waals surface area contributed by atoms with Crippen molar-refractivity contribution in [2.45, 2.75) is 12.8 Å². The fourth-order valence-corrected chi connectivity index (χ4v) is 5.30. The third kappa shape index (κ3) is 6.68. The Kier molecular flexibility index (Phi) is 8.32. The quantitative estimate of drug-likeness (QED) is 0.0985. The molecule has 5 aromatic carbocycles. The molecule has 1 heterocycles. The van der Waals surface area contributed by atoms with Gasteiger partial charge in [-0.15, -0.1) is 0 Å². The molecule has 212 valence electrons. The van der Waals surface area contributed by atoms with Crippen molar-refractivity contribution in [1.29, 1.82) is 0 Å². The first-order chi connectivity index (χ1) is 21.1. The average Bonchev–Trinajstić information content (AvgIpc) is 3.38. The Morgan fingerprint density at radius 2 is 1.35 bits per heavy atom. The number of H-pyrrole nitrogens is 1. The molecule has 6 aromatic rings. The molecule has 2 N–H and O–H groups in total. The summed E-state index contributed by atoms with van der Waals surface area (Å²) in [5.74, 6) is 1.09. The van der Waals surface area contributed by atoms with Gasteiger partial charge in [-0.2, -0.15) is 0 Å². The predicted molar refractivity (Wildman–Crippen MR) is 175 cm³/mol. The summed E-state index contributed by atoms with van der Waals surface area (Å²) in [7, 11) is 0. The van der Waals surface area contributed by atoms with Crippen LogP contribution in [0.5, 0.6) is 11.6 Å². The predicted octanol–water partition coefficient (Wildman–Crippen LogP) is 9.73. The fourth-order valence-electron chi connectivity index (χ4n) is 5.30. The van der Waals surface area contributed by atoms with Crippen LogP contribution < -0.4 is 9.47 Å². The summed E-state index contributed by atoms with van der Waals surface area (Å²) in [6.07, 6.45) is 8.23. The number of ether oxygens (including phenoxy) is 2. The van der Waals surface area contributed by atoms with Gasteiger partial charge in [0.1, 0.15) is 5.75 Å². The molecule has 0 saturated carbocycles. The molecule has 0 spiro atoms. The number of hydrogen-bond acceptors (Lipinski definition) is 3. The molecule has 0 fully saturated rings. The molecule has 0 aliphatic heterocycles. The van der Waals surface area contributed by atoms with Crippen molar-refractivity contribution in [3.63, 3.8) is 0 Å². The first kappa shape index (κ1) is 27.6. The van der Waals surface area contributed by atoms with E-state index in [-0.39, 0.29) is 5.88 Å². The average molecular weight is 566 g/mol. The lowest BCUT2D eigenvalue weighted by Gasteiger charge is -2.09. The maximum Gasteiger partial charge on any atom is 0.512 e. The van der Waals surface area contributed by atoms with Gasteiger partial charge in [-0.1, -0.05) is 127 Å². The largest absolute Gasteiger partial charge is 0.512 e. The van der Waals surface area contributed by atoms with Crippen molar-refractivity contribution >= 4 is 52.1 Å². The smallest absolute Gasteiger partial charge is 0.493 e. The molecule has 0 atom stereocenters. The van der Waals surface area contributed by atoms with Crippen molar-refractivity contribution < 1.29 is 19.4 Å². The lowest BCUT2D eigenvalue weighted by atomic mass is 10.0. The zero-order chi connectivity index (χ0) is 29.4. The minimum absolute atomic E-state index is 0.251. The van der Waals surface area contributed by atoms with Crippen LogP contribution in [0.15, 0.2) is 115 Å². The van der Waals surface area contributed by atoms with Crippen LogP contribution in [0.1, 0.15) is 34.2 Å². The highest BCUT2D eigenvalue weighted by molar-refractivity contribution is 5.95. The minimum atomic E-state index is -1.35. The Bertz CT molecular complexity index is 1930. The molecule has 0 amide bonds. The highest BCUT2D eigenvalue weighted by atomic mass is 16.7. The van der Waals surface area contributed by atoms with E-state index in [0.717, 1.165) is 55.2 Å². The summed E-state index contributed by atoms with van der Waals surface area (Å²) in [5.41, 5.74) is 5.91. The molecular formula is C38H31NO4. The maximum absolute atomic E-state index is 11.5. The second-order valence-electron chi connectivity index (χ2n) is 10.2. The lowest BCUT2D eigenvalue weighted by molar-refractivity contribution is 0.142. The third-order valence-corrected chi connectivity index (χ3v) is 7.34. The van der Waals surface area contributed by atoms with Crippen LogP contribution in [0.3, 0.4) is 0 Å². The van der Waals surface area contributed by atoms with Crippen LogP contribution in [-0.4, -0.2) is 22.9 Å². The highest BCUT2D eigenvalue weighted by Gasteiger charge is 2.17. The van der Waals surface area contributed by atoms with E-state index >= 15 is 0 Å². The van der Waals surface area contributed by atoms with E-state index in [2.05, 4.69) is 71.7 Å². The molecule has 0 aliphatic carbocycles. The minimum Gasteiger partial charge on any atom is -0.493 e. The number of aromatic amines is 1. The second-order valence-corrected chi connectivity index (χ2v) is 10.2. The summed E-state index contributed by atoms with van der Waals surface area (Å²) in [4.78, 5) is 14.7. The van der Waals surface area contributed by atoms with E-state index in [9.17, 15) is 9.90 Å². The van der Waals surface area contributed by atoms with Crippen LogP contribution in [0.2, 0.25) is 0 Å². The molecule has 1 aromatic heterocycles. The monoisotopic (exact) mass is 565 g/mol. The SMILES string of the molecule is O=C(O)Oc1[nH]c2c(/C=C/c3cccc(/C=C/c4ccccc4)c3)cccc2c1CCCOc1cccc2ccccc12. The molecule has 0 radical (unpaired) electrons. The number of carbonyl (C=O) groups is 1. The van der Waals surface area contributed by atoms with Crippen molar-refractivity contribution in [3.05, 3.63) is 143 Å². The first-order valence-corrected chi connectivity index (χ1v) is 14.3. The summed E-state index contributed by atoms with van der Waals surface area (Å²) in [6, 6.07) is 38.7. The number of para-hydroxylation sites is 1. The number of benzene rings is 5. The number of fused-ring (bicyclic) bond motifs is 2. The van der Waals surface area contributed by atoms with E-state index in [1.807, 2.05) is 72.8 Å². The van der Waals surface area contributed by atoms with Crippen molar-refractivity contribution in [1.82, 2.24) is 4.98 Å². The van der Waals surface area contributed by atoms with Crippen LogP contribution in [0.25, 0.3) is 46.0 Å². The van der Waals surface area contributed by atoms with E-state index in [0.29, 0.717) is 19.4 Å². The van der Waals surface area contributed by atoms with Gasteiger partial charge in [-0.25, -0.2) is 4.79 Å². The number of nitrogens with one attached hydrogen (secondary N) is 1. The van der Waals surface area contributed by atoms with Gasteiger partial charge >= 0.3 is 6.16 Å². The van der Waals surface area contributed by atoms with Gasteiger partial charge < -0.3 is 19.6 Å². The van der Waals surface area contributed by atoms with E-state index < -0.39 is 6.16 Å². The van der Waals surface area contributed by atoms with Gasteiger partial charge in [-0.05, 0) is 52.6 Å². The molecule has 43 heavy (non-hydrogen) atoms. The topological polar surface area (TPSA) is 71.5 Å². The third-order valence-electron chi connectivity index (χ3n) is 7.34. The molecule has 0 saturated heterocycles. The molecule has 0 aliphatic rings. The van der Waals surface area contributed by atoms with Gasteiger partial charge in [0.15, 0.2) is 0 Å². The molecule has 5 nitrogen and oxygen atoms in total. The van der Waals surface area contributed by atoms with Crippen LogP contribution >= 0.6 is 0 Å². The number of rotatable bonds is 10. The van der Waals surface area contributed by atoms with Gasteiger partial charge in [0, 0.05) is 16.3 Å².